The van der Waals surface area contributed by atoms with Gasteiger partial charge in [0.1, 0.15) is 16.9 Å². The van der Waals surface area contributed by atoms with Crippen LogP contribution in [0, 0.1) is 17.6 Å². The molecule has 9 heteroatoms. The molecule has 1 fully saturated rings. The Bertz CT molecular complexity index is 1330. The molecule has 0 saturated carbocycles. The highest BCUT2D eigenvalue weighted by molar-refractivity contribution is 8.01. The Morgan fingerprint density at radius 1 is 0.950 bits per heavy atom. The lowest BCUT2D eigenvalue weighted by Gasteiger charge is -2.36. The highest BCUT2D eigenvalue weighted by atomic mass is 32.2. The fourth-order valence-corrected chi connectivity index (χ4v) is 6.51. The summed E-state index contributed by atoms with van der Waals surface area (Å²) in [6.07, 6.45) is 0.795. The lowest BCUT2D eigenvalue weighted by Crippen LogP contribution is -2.48. The van der Waals surface area contributed by atoms with Crippen LogP contribution in [0.5, 0.6) is 0 Å². The van der Waals surface area contributed by atoms with Gasteiger partial charge in [-0.25, -0.2) is 8.78 Å². The maximum atomic E-state index is 14.1. The van der Waals surface area contributed by atoms with Gasteiger partial charge in [-0.3, -0.25) is 14.5 Å². The Hall–Kier alpha value is -3.43. The Morgan fingerprint density at radius 2 is 1.62 bits per heavy atom. The number of benzene rings is 3. The zero-order valence-electron chi connectivity index (χ0n) is 22.6. The largest absolute Gasteiger partial charge is 0.367 e. The number of nitrogens with one attached hydrogen (secondary N) is 1. The van der Waals surface area contributed by atoms with Gasteiger partial charge >= 0.3 is 0 Å². The minimum absolute atomic E-state index is 0.122. The highest BCUT2D eigenvalue weighted by Crippen LogP contribution is 2.42. The van der Waals surface area contributed by atoms with Gasteiger partial charge in [0.15, 0.2) is 0 Å². The zero-order chi connectivity index (χ0) is 28.1. The van der Waals surface area contributed by atoms with Gasteiger partial charge in [0.05, 0.1) is 23.8 Å². The van der Waals surface area contributed by atoms with E-state index in [2.05, 4.69) is 15.1 Å². The van der Waals surface area contributed by atoms with Crippen molar-refractivity contribution in [1.82, 2.24) is 10.2 Å². The number of para-hydroxylation sites is 2. The molecule has 210 valence electrons. The van der Waals surface area contributed by atoms with E-state index >= 15 is 0 Å². The van der Waals surface area contributed by atoms with Crippen LogP contribution in [0.4, 0.5) is 20.2 Å². The summed E-state index contributed by atoms with van der Waals surface area (Å²) in [6, 6.07) is 20.7. The first kappa shape index (κ1) is 28.1. The van der Waals surface area contributed by atoms with Crippen LogP contribution in [0.3, 0.4) is 0 Å². The van der Waals surface area contributed by atoms with Gasteiger partial charge < -0.3 is 15.1 Å². The summed E-state index contributed by atoms with van der Waals surface area (Å²) in [5.41, 5.74) is 2.28. The number of anilines is 2. The SMILES string of the molecule is C[C@H](C(=O)NCCCN1CCN(c2ccccc2F)CC1)[C@@H]1Sc2ccccc2N(Cc2ccc(F)cc2)C1=O. The lowest BCUT2D eigenvalue weighted by atomic mass is 10.0. The van der Waals surface area contributed by atoms with E-state index in [-0.39, 0.29) is 23.4 Å². The average Bonchev–Trinajstić information content (AvgIpc) is 2.98. The molecule has 1 saturated heterocycles. The van der Waals surface area contributed by atoms with Crippen LogP contribution < -0.4 is 15.1 Å². The number of thioether (sulfide) groups is 1. The van der Waals surface area contributed by atoms with Crippen molar-refractivity contribution < 1.29 is 18.4 Å². The quantitative estimate of drug-likeness (QED) is 0.374. The number of halogens is 2. The first-order valence-electron chi connectivity index (χ1n) is 13.7. The third-order valence-corrected chi connectivity index (χ3v) is 9.02. The van der Waals surface area contributed by atoms with E-state index in [1.807, 2.05) is 36.4 Å². The summed E-state index contributed by atoms with van der Waals surface area (Å²) < 4.78 is 27.5. The molecule has 3 aromatic rings. The van der Waals surface area contributed by atoms with E-state index < -0.39 is 11.2 Å². The number of carbonyl (C=O) groups is 2. The van der Waals surface area contributed by atoms with Crippen molar-refractivity contribution in [2.75, 3.05) is 49.1 Å². The van der Waals surface area contributed by atoms with Crippen molar-refractivity contribution in [2.24, 2.45) is 5.92 Å². The van der Waals surface area contributed by atoms with E-state index in [0.717, 1.165) is 55.3 Å². The molecule has 0 aliphatic carbocycles. The molecular formula is C31H34F2N4O2S. The Morgan fingerprint density at radius 3 is 2.35 bits per heavy atom. The molecule has 6 nitrogen and oxygen atoms in total. The Labute approximate surface area is 238 Å². The van der Waals surface area contributed by atoms with Crippen molar-refractivity contribution in [3.05, 3.63) is 90.0 Å². The number of carbonyl (C=O) groups excluding carboxylic acids is 2. The lowest BCUT2D eigenvalue weighted by molar-refractivity contribution is -0.128. The van der Waals surface area contributed by atoms with Gasteiger partial charge in [0.2, 0.25) is 11.8 Å². The predicted molar refractivity (Wildman–Crippen MR) is 156 cm³/mol. The average molecular weight is 565 g/mol. The molecule has 2 atom stereocenters. The van der Waals surface area contributed by atoms with Crippen LogP contribution in [-0.2, 0) is 16.1 Å². The molecule has 2 aliphatic heterocycles. The predicted octanol–water partition coefficient (Wildman–Crippen LogP) is 4.94. The van der Waals surface area contributed by atoms with E-state index in [9.17, 15) is 18.4 Å². The summed E-state index contributed by atoms with van der Waals surface area (Å²) >= 11 is 1.43. The molecule has 1 N–H and O–H groups in total. The second kappa shape index (κ2) is 12.8. The molecule has 5 rings (SSSR count). The molecule has 0 radical (unpaired) electrons. The summed E-state index contributed by atoms with van der Waals surface area (Å²) in [7, 11) is 0. The van der Waals surface area contributed by atoms with E-state index in [1.165, 1.54) is 30.0 Å². The minimum Gasteiger partial charge on any atom is -0.367 e. The smallest absolute Gasteiger partial charge is 0.241 e. The van der Waals surface area contributed by atoms with E-state index in [4.69, 9.17) is 0 Å². The van der Waals surface area contributed by atoms with Gasteiger partial charge in [-0.15, -0.1) is 11.8 Å². The number of nitrogens with zero attached hydrogens (tertiary/aromatic N) is 3. The number of piperazine rings is 1. The molecule has 0 bridgehead atoms. The van der Waals surface area contributed by atoms with E-state index in [1.54, 1.807) is 30.0 Å². The summed E-state index contributed by atoms with van der Waals surface area (Å²) in [5, 5.41) is 2.47. The fraction of sp³-hybridized carbons (Fsp3) is 0.355. The van der Waals surface area contributed by atoms with Crippen LogP contribution in [0.1, 0.15) is 18.9 Å². The third kappa shape index (κ3) is 6.47. The zero-order valence-corrected chi connectivity index (χ0v) is 23.4. The van der Waals surface area contributed by atoms with Gasteiger partial charge in [0.25, 0.3) is 0 Å². The van der Waals surface area contributed by atoms with E-state index in [0.29, 0.717) is 18.8 Å². The monoisotopic (exact) mass is 564 g/mol. The number of hydrogen-bond donors (Lipinski definition) is 1. The Balaban J connectivity index is 1.12. The molecule has 0 spiro atoms. The second-order valence-electron chi connectivity index (χ2n) is 10.3. The second-order valence-corrected chi connectivity index (χ2v) is 11.5. The number of amides is 2. The molecule has 40 heavy (non-hydrogen) atoms. The first-order valence-corrected chi connectivity index (χ1v) is 14.6. The number of rotatable bonds is 9. The molecule has 3 aromatic carbocycles. The van der Waals surface area contributed by atoms with Crippen LogP contribution >= 0.6 is 11.8 Å². The maximum absolute atomic E-state index is 14.1. The maximum Gasteiger partial charge on any atom is 0.241 e. The molecule has 2 aliphatic rings. The topological polar surface area (TPSA) is 55.9 Å². The van der Waals surface area contributed by atoms with Crippen LogP contribution in [0.2, 0.25) is 0 Å². The van der Waals surface area contributed by atoms with Crippen molar-refractivity contribution in [2.45, 2.75) is 30.0 Å². The van der Waals surface area contributed by atoms with Crippen LogP contribution in [0.25, 0.3) is 0 Å². The van der Waals surface area contributed by atoms with Gasteiger partial charge in [-0.05, 0) is 54.9 Å². The fourth-order valence-electron chi connectivity index (χ4n) is 5.22. The van der Waals surface area contributed by atoms with Crippen molar-refractivity contribution in [3.8, 4) is 0 Å². The number of hydrogen-bond acceptors (Lipinski definition) is 5. The first-order chi connectivity index (χ1) is 19.4. The molecular weight excluding hydrogens is 530 g/mol. The van der Waals surface area contributed by atoms with Crippen molar-refractivity contribution >= 4 is 35.0 Å². The molecule has 2 heterocycles. The molecule has 0 unspecified atom stereocenters. The van der Waals surface area contributed by atoms with Gasteiger partial charge in [0, 0.05) is 37.6 Å². The van der Waals surface area contributed by atoms with Crippen LogP contribution in [-0.4, -0.2) is 61.2 Å². The molecule has 0 aromatic heterocycles. The standard InChI is InChI=1S/C31H34F2N4O2S/c1-22(30(38)34-15-6-16-35-17-19-36(20-18-35)26-8-3-2-7-25(26)33)29-31(39)37(21-23-11-13-24(32)14-12-23)27-9-4-5-10-28(27)40-29/h2-5,7-14,22,29H,6,15-21H2,1H3,(H,34,38)/t22-,29-/m0/s1. The van der Waals surface area contributed by atoms with Gasteiger partial charge in [-0.2, -0.15) is 0 Å². The van der Waals surface area contributed by atoms with Crippen LogP contribution in [0.15, 0.2) is 77.7 Å². The normalized spacial score (nSPS) is 18.4. The summed E-state index contributed by atoms with van der Waals surface area (Å²) in [5.74, 6) is -1.30. The highest BCUT2D eigenvalue weighted by Gasteiger charge is 2.39. The minimum atomic E-state index is -0.554. The molecule has 2 amide bonds. The number of fused-ring (bicyclic) bond motifs is 1. The van der Waals surface area contributed by atoms with Crippen molar-refractivity contribution in [1.29, 1.82) is 0 Å². The van der Waals surface area contributed by atoms with Crippen molar-refractivity contribution in [3.63, 3.8) is 0 Å². The third-order valence-electron chi connectivity index (χ3n) is 7.56. The Kier molecular flexibility index (Phi) is 9.01. The summed E-state index contributed by atoms with van der Waals surface area (Å²) in [6.45, 7) is 6.70. The van der Waals surface area contributed by atoms with Gasteiger partial charge in [-0.1, -0.05) is 43.3 Å². The summed E-state index contributed by atoms with van der Waals surface area (Å²) in [4.78, 5) is 33.8.